The molecule has 3 nitrogen and oxygen atoms in total. The van der Waals surface area contributed by atoms with E-state index in [1.54, 1.807) is 11.3 Å². The van der Waals surface area contributed by atoms with Crippen molar-refractivity contribution in [3.63, 3.8) is 0 Å². The number of thiazole rings is 1. The van der Waals surface area contributed by atoms with Gasteiger partial charge < -0.3 is 0 Å². The lowest BCUT2D eigenvalue weighted by molar-refractivity contribution is 0.652. The summed E-state index contributed by atoms with van der Waals surface area (Å²) < 4.78 is 1.21. The highest BCUT2D eigenvalue weighted by Gasteiger charge is 2.38. The fraction of sp³-hybridized carbons (Fsp3) is 0.125. The van der Waals surface area contributed by atoms with Gasteiger partial charge in [-0.1, -0.05) is 74.5 Å². The molecule has 0 N–H and O–H groups in total. The SMILES string of the molecule is CC1(C)C2=C(CCC=C2)c2cc3c(-c4nc5ccccc5s4)c4ccccc4c(-c4ccc(-c5ccccn5)nc4)c3cc21. The first-order valence-corrected chi connectivity index (χ1v) is 16.1. The molecular formula is C40H29N3S. The van der Waals surface area contributed by atoms with Crippen LogP contribution in [0.4, 0.5) is 0 Å². The Morgan fingerprint density at radius 1 is 0.727 bits per heavy atom. The minimum absolute atomic E-state index is 0.0597. The van der Waals surface area contributed by atoms with Crippen LogP contribution in [0.1, 0.15) is 37.8 Å². The molecule has 0 aliphatic heterocycles. The van der Waals surface area contributed by atoms with E-state index in [1.807, 2.05) is 30.6 Å². The smallest absolute Gasteiger partial charge is 0.125 e. The Labute approximate surface area is 260 Å². The van der Waals surface area contributed by atoms with Gasteiger partial charge in [0.2, 0.25) is 0 Å². The summed E-state index contributed by atoms with van der Waals surface area (Å²) in [6.45, 7) is 4.77. The maximum Gasteiger partial charge on any atom is 0.125 e. The molecule has 44 heavy (non-hydrogen) atoms. The molecule has 210 valence electrons. The van der Waals surface area contributed by atoms with Crippen LogP contribution in [0, 0.1) is 0 Å². The van der Waals surface area contributed by atoms with Crippen LogP contribution in [-0.4, -0.2) is 15.0 Å². The second kappa shape index (κ2) is 9.54. The zero-order valence-electron chi connectivity index (χ0n) is 24.6. The average Bonchev–Trinajstić information content (AvgIpc) is 3.59. The molecule has 3 heterocycles. The van der Waals surface area contributed by atoms with Crippen molar-refractivity contribution in [1.82, 2.24) is 15.0 Å². The Balaban J connectivity index is 1.39. The number of pyridine rings is 2. The summed E-state index contributed by atoms with van der Waals surface area (Å²) in [6, 6.07) is 32.5. The number of benzene rings is 4. The number of fused-ring (bicyclic) bond motifs is 5. The number of hydrogen-bond acceptors (Lipinski definition) is 4. The van der Waals surface area contributed by atoms with Crippen molar-refractivity contribution >= 4 is 48.7 Å². The standard InChI is InChI=1S/C40H29N3S/c1-40(2)31-14-6-5-11-25(31)28-21-29-30(22-32(28)40)37(24-18-19-34(42-23-24)33-15-9-10-20-41-33)26-12-3-4-13-27(26)38(29)39-43-35-16-7-8-17-36(35)44-39/h3-4,6-10,12-23H,5,11H2,1-2H3. The van der Waals surface area contributed by atoms with Crippen molar-refractivity contribution in [1.29, 1.82) is 0 Å². The summed E-state index contributed by atoms with van der Waals surface area (Å²) in [7, 11) is 0. The van der Waals surface area contributed by atoms with Crippen LogP contribution in [0.2, 0.25) is 0 Å². The molecule has 0 saturated carbocycles. The minimum Gasteiger partial charge on any atom is -0.255 e. The lowest BCUT2D eigenvalue weighted by Gasteiger charge is -2.25. The summed E-state index contributed by atoms with van der Waals surface area (Å²) in [6.07, 6.45) is 10.7. The lowest BCUT2D eigenvalue weighted by Crippen LogP contribution is -2.16. The second-order valence-corrected chi connectivity index (χ2v) is 13.4. The van der Waals surface area contributed by atoms with E-state index < -0.39 is 0 Å². The van der Waals surface area contributed by atoms with Crippen molar-refractivity contribution in [3.8, 4) is 33.1 Å². The zero-order valence-corrected chi connectivity index (χ0v) is 25.5. The minimum atomic E-state index is -0.0597. The van der Waals surface area contributed by atoms with Crippen LogP contribution < -0.4 is 0 Å². The van der Waals surface area contributed by atoms with Crippen molar-refractivity contribution < 1.29 is 0 Å². The second-order valence-electron chi connectivity index (χ2n) is 12.3. The van der Waals surface area contributed by atoms with E-state index in [0.717, 1.165) is 40.3 Å². The van der Waals surface area contributed by atoms with Crippen molar-refractivity contribution in [2.45, 2.75) is 32.1 Å². The number of para-hydroxylation sites is 1. The van der Waals surface area contributed by atoms with Crippen molar-refractivity contribution in [3.05, 3.63) is 132 Å². The highest BCUT2D eigenvalue weighted by molar-refractivity contribution is 7.21. The summed E-state index contributed by atoms with van der Waals surface area (Å²) in [5.74, 6) is 0. The van der Waals surface area contributed by atoms with Crippen molar-refractivity contribution in [2.24, 2.45) is 0 Å². The van der Waals surface area contributed by atoms with Crippen LogP contribution in [0.25, 0.3) is 70.4 Å². The lowest BCUT2D eigenvalue weighted by atomic mass is 9.78. The monoisotopic (exact) mass is 583 g/mol. The van der Waals surface area contributed by atoms with Crippen LogP contribution in [0.15, 0.2) is 121 Å². The van der Waals surface area contributed by atoms with Gasteiger partial charge in [-0.25, -0.2) is 4.98 Å². The number of nitrogens with zero attached hydrogens (tertiary/aromatic N) is 3. The number of allylic oxidation sites excluding steroid dienone is 4. The Bertz CT molecular complexity index is 2310. The van der Waals surface area contributed by atoms with Gasteiger partial charge in [0.15, 0.2) is 0 Å². The zero-order chi connectivity index (χ0) is 29.4. The molecule has 9 rings (SSSR count). The first-order valence-electron chi connectivity index (χ1n) is 15.3. The van der Waals surface area contributed by atoms with Gasteiger partial charge in [-0.3, -0.25) is 9.97 Å². The quantitative estimate of drug-likeness (QED) is 0.194. The third-order valence-electron chi connectivity index (χ3n) is 9.49. The predicted octanol–water partition coefficient (Wildman–Crippen LogP) is 10.8. The first-order chi connectivity index (χ1) is 21.6. The molecule has 0 bridgehead atoms. The van der Waals surface area contributed by atoms with Gasteiger partial charge >= 0.3 is 0 Å². The fourth-order valence-corrected chi connectivity index (χ4v) is 8.43. The van der Waals surface area contributed by atoms with E-state index in [0.29, 0.717) is 0 Å². The molecule has 0 saturated heterocycles. The van der Waals surface area contributed by atoms with Crippen LogP contribution in [0.5, 0.6) is 0 Å². The summed E-state index contributed by atoms with van der Waals surface area (Å²) in [4.78, 5) is 14.7. The molecule has 3 aromatic heterocycles. The largest absolute Gasteiger partial charge is 0.255 e. The molecule has 0 unspecified atom stereocenters. The van der Waals surface area contributed by atoms with Gasteiger partial charge in [-0.05, 0) is 105 Å². The van der Waals surface area contributed by atoms with E-state index in [2.05, 4.69) is 104 Å². The van der Waals surface area contributed by atoms with Crippen molar-refractivity contribution in [2.75, 3.05) is 0 Å². The fourth-order valence-electron chi connectivity index (χ4n) is 7.39. The van der Waals surface area contributed by atoms with Gasteiger partial charge in [0.25, 0.3) is 0 Å². The highest BCUT2D eigenvalue weighted by Crippen LogP contribution is 2.54. The number of aromatic nitrogens is 3. The van der Waals surface area contributed by atoms with Gasteiger partial charge in [0.05, 0.1) is 21.6 Å². The highest BCUT2D eigenvalue weighted by atomic mass is 32.1. The Morgan fingerprint density at radius 3 is 2.30 bits per heavy atom. The maximum absolute atomic E-state index is 5.21. The van der Waals surface area contributed by atoms with E-state index >= 15 is 0 Å². The molecule has 0 radical (unpaired) electrons. The molecule has 2 aliphatic rings. The Kier molecular flexibility index (Phi) is 5.54. The summed E-state index contributed by atoms with van der Waals surface area (Å²) in [5, 5.41) is 6.01. The van der Waals surface area contributed by atoms with Crippen LogP contribution >= 0.6 is 11.3 Å². The van der Waals surface area contributed by atoms with Crippen LogP contribution in [0.3, 0.4) is 0 Å². The topological polar surface area (TPSA) is 38.7 Å². The summed E-state index contributed by atoms with van der Waals surface area (Å²) >= 11 is 1.78. The third-order valence-corrected chi connectivity index (χ3v) is 10.5. The molecule has 0 spiro atoms. The molecule has 4 heteroatoms. The average molecular weight is 584 g/mol. The Hall–Kier alpha value is -4.93. The van der Waals surface area contributed by atoms with Gasteiger partial charge in [-0.15, -0.1) is 11.3 Å². The molecular weight excluding hydrogens is 555 g/mol. The molecule has 7 aromatic rings. The molecule has 4 aromatic carbocycles. The maximum atomic E-state index is 5.21. The van der Waals surface area contributed by atoms with Gasteiger partial charge in [0.1, 0.15) is 5.01 Å². The normalized spacial score (nSPS) is 15.3. The molecule has 0 fully saturated rings. The molecule has 2 aliphatic carbocycles. The molecule has 0 atom stereocenters. The van der Waals surface area contributed by atoms with E-state index in [-0.39, 0.29) is 5.41 Å². The van der Waals surface area contributed by atoms with E-state index in [1.165, 1.54) is 59.6 Å². The van der Waals surface area contributed by atoms with Gasteiger partial charge in [-0.2, -0.15) is 0 Å². The first kappa shape index (κ1) is 25.6. The Morgan fingerprint density at radius 2 is 1.50 bits per heavy atom. The van der Waals surface area contributed by atoms with Crippen LogP contribution in [-0.2, 0) is 5.41 Å². The third kappa shape index (κ3) is 3.71. The van der Waals surface area contributed by atoms with Gasteiger partial charge in [0, 0.05) is 28.9 Å². The number of hydrogen-bond donors (Lipinski definition) is 0. The number of rotatable bonds is 3. The predicted molar refractivity (Wildman–Crippen MR) is 185 cm³/mol. The molecule has 0 amide bonds. The van der Waals surface area contributed by atoms with E-state index in [4.69, 9.17) is 9.97 Å². The summed E-state index contributed by atoms with van der Waals surface area (Å²) in [5.41, 5.74) is 12.1. The van der Waals surface area contributed by atoms with E-state index in [9.17, 15) is 0 Å².